The molecule has 1 saturated heterocycles. The second kappa shape index (κ2) is 5.48. The first-order valence-electron chi connectivity index (χ1n) is 5.98. The highest BCUT2D eigenvalue weighted by Gasteiger charge is 2.28. The number of thioether (sulfide) groups is 1. The van der Waals surface area contributed by atoms with Gasteiger partial charge >= 0.3 is 5.97 Å². The summed E-state index contributed by atoms with van der Waals surface area (Å²) >= 11 is 3.57. The van der Waals surface area contributed by atoms with Crippen LogP contribution in [0.2, 0.25) is 0 Å². The van der Waals surface area contributed by atoms with Crippen LogP contribution in [0.1, 0.15) is 29.2 Å². The summed E-state index contributed by atoms with van der Waals surface area (Å²) in [7, 11) is 1.39. The Morgan fingerprint density at radius 1 is 1.50 bits per heavy atom. The number of aryl methyl sites for hydroxylation is 1. The van der Waals surface area contributed by atoms with Crippen molar-refractivity contribution in [1.29, 1.82) is 0 Å². The van der Waals surface area contributed by atoms with Gasteiger partial charge in [0.25, 0.3) is 0 Å². The van der Waals surface area contributed by atoms with Crippen LogP contribution in [0.5, 0.6) is 0 Å². The van der Waals surface area contributed by atoms with Crippen LogP contribution in [0, 0.1) is 6.92 Å². The fourth-order valence-electron chi connectivity index (χ4n) is 1.99. The first kappa shape index (κ1) is 13.7. The molecule has 100 valence electrons. The Kier molecular flexibility index (Phi) is 4.17. The van der Waals surface area contributed by atoms with Crippen LogP contribution in [-0.2, 0) is 4.74 Å². The fourth-order valence-corrected chi connectivity index (χ4v) is 4.11. The predicted octanol–water partition coefficient (Wildman–Crippen LogP) is 2.57. The SMILES string of the molecule is COC(=O)c1nc(N2CCSC(C)C2C)sc1C. The van der Waals surface area contributed by atoms with Gasteiger partial charge < -0.3 is 9.64 Å². The molecule has 4 nitrogen and oxygen atoms in total. The van der Waals surface area contributed by atoms with Gasteiger partial charge in [-0.2, -0.15) is 11.8 Å². The summed E-state index contributed by atoms with van der Waals surface area (Å²) in [5.74, 6) is 0.764. The summed E-state index contributed by atoms with van der Waals surface area (Å²) in [6, 6.07) is 0.444. The smallest absolute Gasteiger partial charge is 0.357 e. The van der Waals surface area contributed by atoms with Gasteiger partial charge in [-0.05, 0) is 13.8 Å². The molecule has 0 radical (unpaired) electrons. The van der Waals surface area contributed by atoms with Gasteiger partial charge in [0, 0.05) is 28.5 Å². The summed E-state index contributed by atoms with van der Waals surface area (Å²) in [5.41, 5.74) is 0.454. The molecule has 0 amide bonds. The van der Waals surface area contributed by atoms with E-state index in [0.29, 0.717) is 17.0 Å². The number of nitrogens with zero attached hydrogens (tertiary/aromatic N) is 2. The molecule has 0 saturated carbocycles. The molecule has 0 spiro atoms. The molecule has 1 fully saturated rings. The Bertz CT molecular complexity index is 447. The van der Waals surface area contributed by atoms with E-state index >= 15 is 0 Å². The van der Waals surface area contributed by atoms with Crippen molar-refractivity contribution in [2.24, 2.45) is 0 Å². The van der Waals surface area contributed by atoms with Crippen LogP contribution < -0.4 is 4.90 Å². The molecule has 1 aliphatic heterocycles. The Morgan fingerprint density at radius 2 is 2.22 bits per heavy atom. The Hall–Kier alpha value is -0.750. The minimum Gasteiger partial charge on any atom is -0.464 e. The molecular weight excluding hydrogens is 268 g/mol. The van der Waals surface area contributed by atoms with Crippen LogP contribution in [0.15, 0.2) is 0 Å². The summed E-state index contributed by atoms with van der Waals surface area (Å²) in [4.78, 5) is 19.2. The van der Waals surface area contributed by atoms with Gasteiger partial charge in [0.2, 0.25) is 0 Å². The lowest BCUT2D eigenvalue weighted by Gasteiger charge is -2.37. The number of carbonyl (C=O) groups is 1. The first-order chi connectivity index (χ1) is 8.54. The molecular formula is C12H18N2O2S2. The van der Waals surface area contributed by atoms with Crippen molar-refractivity contribution in [3.05, 3.63) is 10.6 Å². The van der Waals surface area contributed by atoms with E-state index in [0.717, 1.165) is 22.3 Å². The molecule has 1 aromatic rings. The zero-order valence-electron chi connectivity index (χ0n) is 11.1. The van der Waals surface area contributed by atoms with E-state index in [9.17, 15) is 4.79 Å². The lowest BCUT2D eigenvalue weighted by Crippen LogP contribution is -2.44. The van der Waals surface area contributed by atoms with Crippen LogP contribution in [0.25, 0.3) is 0 Å². The van der Waals surface area contributed by atoms with E-state index in [4.69, 9.17) is 4.74 Å². The Balaban J connectivity index is 2.26. The molecule has 0 aliphatic carbocycles. The summed E-state index contributed by atoms with van der Waals surface area (Å²) in [5, 5.41) is 1.53. The number of ether oxygens (including phenoxy) is 1. The van der Waals surface area contributed by atoms with Crippen molar-refractivity contribution >= 4 is 34.2 Å². The number of thiazole rings is 1. The maximum absolute atomic E-state index is 11.6. The second-order valence-electron chi connectivity index (χ2n) is 4.40. The third-order valence-corrected chi connectivity index (χ3v) is 5.64. The second-order valence-corrected chi connectivity index (χ2v) is 7.07. The minimum absolute atomic E-state index is 0.345. The van der Waals surface area contributed by atoms with Gasteiger partial charge in [0.05, 0.1) is 7.11 Å². The third kappa shape index (κ3) is 2.49. The van der Waals surface area contributed by atoms with Crippen LogP contribution >= 0.6 is 23.1 Å². The molecule has 2 atom stereocenters. The van der Waals surface area contributed by atoms with Crippen molar-refractivity contribution in [1.82, 2.24) is 4.98 Å². The normalized spacial score (nSPS) is 24.1. The summed E-state index contributed by atoms with van der Waals surface area (Å²) in [6.07, 6.45) is 0. The highest BCUT2D eigenvalue weighted by atomic mass is 32.2. The van der Waals surface area contributed by atoms with Gasteiger partial charge in [-0.1, -0.05) is 6.92 Å². The van der Waals surface area contributed by atoms with Gasteiger partial charge in [0.15, 0.2) is 10.8 Å². The first-order valence-corrected chi connectivity index (χ1v) is 7.85. The van der Waals surface area contributed by atoms with E-state index in [2.05, 4.69) is 23.7 Å². The average molecular weight is 286 g/mol. The van der Waals surface area contributed by atoms with Crippen molar-refractivity contribution in [3.63, 3.8) is 0 Å². The molecule has 2 unspecified atom stereocenters. The lowest BCUT2D eigenvalue weighted by molar-refractivity contribution is 0.0594. The highest BCUT2D eigenvalue weighted by Crippen LogP contribution is 2.33. The number of hydrogen-bond donors (Lipinski definition) is 0. The van der Waals surface area contributed by atoms with Crippen molar-refractivity contribution in [2.75, 3.05) is 24.3 Å². The van der Waals surface area contributed by atoms with E-state index in [-0.39, 0.29) is 5.97 Å². The Labute approximate surface area is 116 Å². The number of anilines is 1. The van der Waals surface area contributed by atoms with Crippen LogP contribution in [0.4, 0.5) is 5.13 Å². The zero-order chi connectivity index (χ0) is 13.3. The van der Waals surface area contributed by atoms with Gasteiger partial charge in [-0.25, -0.2) is 9.78 Å². The maximum atomic E-state index is 11.6. The number of methoxy groups -OCH3 is 1. The lowest BCUT2D eigenvalue weighted by atomic mass is 10.2. The molecule has 6 heteroatoms. The van der Waals surface area contributed by atoms with Crippen molar-refractivity contribution in [2.45, 2.75) is 32.1 Å². The maximum Gasteiger partial charge on any atom is 0.357 e. The third-order valence-electron chi connectivity index (χ3n) is 3.29. The number of esters is 1. The molecule has 0 N–H and O–H groups in total. The van der Waals surface area contributed by atoms with Gasteiger partial charge in [-0.3, -0.25) is 0 Å². The largest absolute Gasteiger partial charge is 0.464 e. The molecule has 0 bridgehead atoms. The summed E-state index contributed by atoms with van der Waals surface area (Å²) < 4.78 is 4.75. The number of carbonyl (C=O) groups excluding carboxylic acids is 1. The van der Waals surface area contributed by atoms with E-state index in [1.54, 1.807) is 11.3 Å². The number of hydrogen-bond acceptors (Lipinski definition) is 6. The van der Waals surface area contributed by atoms with Crippen molar-refractivity contribution in [3.8, 4) is 0 Å². The molecule has 2 heterocycles. The van der Waals surface area contributed by atoms with E-state index in [1.165, 1.54) is 7.11 Å². The molecule has 0 aromatic carbocycles. The predicted molar refractivity (Wildman–Crippen MR) is 76.9 cm³/mol. The molecule has 18 heavy (non-hydrogen) atoms. The zero-order valence-corrected chi connectivity index (χ0v) is 12.7. The van der Waals surface area contributed by atoms with Crippen molar-refractivity contribution < 1.29 is 9.53 Å². The molecule has 1 aliphatic rings. The highest BCUT2D eigenvalue weighted by molar-refractivity contribution is 8.00. The fraction of sp³-hybridized carbons (Fsp3) is 0.667. The average Bonchev–Trinajstić information content (AvgIpc) is 2.73. The molecule has 2 rings (SSSR count). The molecule has 1 aromatic heterocycles. The topological polar surface area (TPSA) is 42.4 Å². The minimum atomic E-state index is -0.345. The van der Waals surface area contributed by atoms with Gasteiger partial charge in [-0.15, -0.1) is 11.3 Å². The van der Waals surface area contributed by atoms with Crippen LogP contribution in [0.3, 0.4) is 0 Å². The van der Waals surface area contributed by atoms with E-state index in [1.807, 2.05) is 18.7 Å². The van der Waals surface area contributed by atoms with Gasteiger partial charge in [0.1, 0.15) is 0 Å². The monoisotopic (exact) mass is 286 g/mol. The Morgan fingerprint density at radius 3 is 2.89 bits per heavy atom. The number of aromatic nitrogens is 1. The standard InChI is InChI=1S/C12H18N2O2S2/c1-7-8(2)17-6-5-14(7)12-13-10(9(3)18-12)11(15)16-4/h7-8H,5-6H2,1-4H3. The quantitative estimate of drug-likeness (QED) is 0.782. The summed E-state index contributed by atoms with van der Waals surface area (Å²) in [6.45, 7) is 7.36. The number of rotatable bonds is 2. The van der Waals surface area contributed by atoms with E-state index < -0.39 is 0 Å². The van der Waals surface area contributed by atoms with Crippen LogP contribution in [-0.4, -0.2) is 41.7 Å².